The number of para-hydroxylation sites is 2. The monoisotopic (exact) mass is 522 g/mol. The Balaban J connectivity index is 0.000000211. The van der Waals surface area contributed by atoms with Crippen LogP contribution in [0, 0.1) is 13.8 Å². The van der Waals surface area contributed by atoms with E-state index in [1.54, 1.807) is 18.7 Å². The lowest BCUT2D eigenvalue weighted by atomic mass is 10.3. The van der Waals surface area contributed by atoms with Crippen LogP contribution in [-0.4, -0.2) is 40.9 Å². The molecule has 4 rings (SSSR count). The van der Waals surface area contributed by atoms with Gasteiger partial charge in [0.25, 0.3) is 11.1 Å². The number of hydrogen-bond acceptors (Lipinski definition) is 6. The van der Waals surface area contributed by atoms with Crippen LogP contribution in [0.2, 0.25) is 0 Å². The second kappa shape index (κ2) is 12.6. The Morgan fingerprint density at radius 3 is 1.16 bits per heavy atom. The van der Waals surface area contributed by atoms with Crippen LogP contribution < -0.4 is 22.6 Å². The van der Waals surface area contributed by atoms with Crippen molar-refractivity contribution in [2.24, 2.45) is 14.1 Å². The molecular weight excluding hydrogens is 492 g/mol. The van der Waals surface area contributed by atoms with E-state index >= 15 is 0 Å². The summed E-state index contributed by atoms with van der Waals surface area (Å²) in [5, 5.41) is 15.6. The first kappa shape index (κ1) is 29.0. The molecule has 4 aromatic rings. The molecule has 0 aliphatic rings. The molecule has 200 valence electrons. The molecule has 0 fully saturated rings. The van der Waals surface area contributed by atoms with Crippen molar-refractivity contribution >= 4 is 23.3 Å². The van der Waals surface area contributed by atoms with Gasteiger partial charge in [0.2, 0.25) is 0 Å². The van der Waals surface area contributed by atoms with Gasteiger partial charge in [0, 0.05) is 26.2 Å². The second-order valence-electron chi connectivity index (χ2n) is 7.96. The van der Waals surface area contributed by atoms with Gasteiger partial charge in [-0.25, -0.2) is 19.0 Å². The molecule has 38 heavy (non-hydrogen) atoms. The van der Waals surface area contributed by atoms with Gasteiger partial charge < -0.3 is 21.7 Å². The summed E-state index contributed by atoms with van der Waals surface area (Å²) in [5.74, 6) is -2.51. The molecule has 0 saturated heterocycles. The smallest absolute Gasteiger partial charge is 0.328 e. The Morgan fingerprint density at radius 2 is 0.947 bits per heavy atom. The molecule has 6 N–H and O–H groups in total. The molecule has 2 aromatic heterocycles. The minimum Gasteiger partial charge on any atom is -0.478 e. The number of rotatable bonds is 4. The van der Waals surface area contributed by atoms with Crippen molar-refractivity contribution in [1.29, 1.82) is 0 Å². The number of nitrogen functional groups attached to an aromatic ring is 2. The predicted octanol–water partition coefficient (Wildman–Crippen LogP) is 1.85. The zero-order valence-corrected chi connectivity index (χ0v) is 21.4. The zero-order chi connectivity index (χ0) is 28.6. The van der Waals surface area contributed by atoms with E-state index in [0.717, 1.165) is 22.8 Å². The Morgan fingerprint density at radius 1 is 0.658 bits per heavy atom. The highest BCUT2D eigenvalue weighted by Gasteiger charge is 2.13. The Kier molecular flexibility index (Phi) is 9.63. The van der Waals surface area contributed by atoms with Crippen molar-refractivity contribution in [3.63, 3.8) is 0 Å². The second-order valence-corrected chi connectivity index (χ2v) is 7.96. The van der Waals surface area contributed by atoms with Crippen LogP contribution in [0.1, 0.15) is 11.4 Å². The lowest BCUT2D eigenvalue weighted by Gasteiger charge is -2.07. The fourth-order valence-electron chi connectivity index (χ4n) is 3.32. The van der Waals surface area contributed by atoms with Crippen LogP contribution in [0.5, 0.6) is 0 Å². The molecule has 0 unspecified atom stereocenters. The molecule has 2 aromatic carbocycles. The van der Waals surface area contributed by atoms with E-state index in [-0.39, 0.29) is 11.1 Å². The quantitative estimate of drug-likeness (QED) is 0.293. The summed E-state index contributed by atoms with van der Waals surface area (Å²) >= 11 is 0. The highest BCUT2D eigenvalue weighted by Crippen LogP contribution is 2.11. The molecule has 0 amide bonds. The molecule has 12 nitrogen and oxygen atoms in total. The first-order chi connectivity index (χ1) is 17.9. The van der Waals surface area contributed by atoms with E-state index in [1.165, 1.54) is 0 Å². The fraction of sp³-hybridized carbons (Fsp3) is 0.154. The lowest BCUT2D eigenvalue weighted by Crippen LogP contribution is -2.20. The number of anilines is 2. The first-order valence-electron chi connectivity index (χ1n) is 11.2. The Labute approximate surface area is 217 Å². The molecule has 0 atom stereocenters. The summed E-state index contributed by atoms with van der Waals surface area (Å²) in [7, 11) is 3.64. The Bertz CT molecular complexity index is 1440. The molecule has 0 aliphatic carbocycles. The van der Waals surface area contributed by atoms with Gasteiger partial charge in [-0.2, -0.15) is 0 Å². The summed E-state index contributed by atoms with van der Waals surface area (Å²) in [5.41, 5.74) is 14.9. The molecule has 0 saturated carbocycles. The number of nitrogens with two attached hydrogens (primary N) is 2. The van der Waals surface area contributed by atoms with Crippen molar-refractivity contribution in [1.82, 2.24) is 18.7 Å². The average Bonchev–Trinajstić information content (AvgIpc) is 3.22. The minimum absolute atomic E-state index is 0.166. The van der Waals surface area contributed by atoms with E-state index in [1.807, 2.05) is 88.6 Å². The number of benzene rings is 2. The topological polar surface area (TPSA) is 180 Å². The third-order valence-electron chi connectivity index (χ3n) is 5.57. The van der Waals surface area contributed by atoms with Crippen molar-refractivity contribution in [3.05, 3.63) is 105 Å². The van der Waals surface area contributed by atoms with Gasteiger partial charge in [-0.15, -0.1) is 0 Å². The van der Waals surface area contributed by atoms with E-state index < -0.39 is 11.9 Å². The summed E-state index contributed by atoms with van der Waals surface area (Å²) in [6.07, 6.45) is 1.12. The van der Waals surface area contributed by atoms with Gasteiger partial charge in [-0.3, -0.25) is 19.0 Å². The third-order valence-corrected chi connectivity index (χ3v) is 5.57. The average molecular weight is 523 g/mol. The maximum atomic E-state index is 11.8. The molecule has 0 aliphatic heterocycles. The lowest BCUT2D eigenvalue weighted by molar-refractivity contribution is -0.134. The zero-order valence-electron chi connectivity index (χ0n) is 21.4. The SMILES string of the molecule is Cc1c(N)c(=O)n(-c2ccccc2)n1C.Cc1c(N)c(=O)n(-c2ccccc2)n1C.O=C(O)/C=C\C(=O)O. The van der Waals surface area contributed by atoms with Crippen molar-refractivity contribution in [3.8, 4) is 11.4 Å². The minimum atomic E-state index is -1.26. The van der Waals surface area contributed by atoms with Gasteiger partial charge in [0.15, 0.2) is 0 Å². The third kappa shape index (κ3) is 6.69. The number of aliphatic carboxylic acids is 2. The van der Waals surface area contributed by atoms with Crippen LogP contribution >= 0.6 is 0 Å². The number of hydrogen-bond donors (Lipinski definition) is 4. The molecular formula is C26H30N6O6. The van der Waals surface area contributed by atoms with E-state index in [9.17, 15) is 19.2 Å². The van der Waals surface area contributed by atoms with Crippen LogP contribution in [0.4, 0.5) is 11.4 Å². The number of carbonyl (C=O) groups is 2. The van der Waals surface area contributed by atoms with Crippen LogP contribution in [0.15, 0.2) is 82.4 Å². The molecule has 0 bridgehead atoms. The van der Waals surface area contributed by atoms with Gasteiger partial charge in [0.05, 0.1) is 22.8 Å². The van der Waals surface area contributed by atoms with Crippen molar-refractivity contribution < 1.29 is 19.8 Å². The van der Waals surface area contributed by atoms with E-state index in [2.05, 4.69) is 0 Å². The van der Waals surface area contributed by atoms with Crippen LogP contribution in [0.3, 0.4) is 0 Å². The maximum Gasteiger partial charge on any atom is 0.328 e. The summed E-state index contributed by atoms with van der Waals surface area (Å²) in [6.45, 7) is 3.66. The highest BCUT2D eigenvalue weighted by molar-refractivity contribution is 5.89. The summed E-state index contributed by atoms with van der Waals surface area (Å²) < 4.78 is 6.63. The normalized spacial score (nSPS) is 10.3. The molecule has 0 spiro atoms. The van der Waals surface area contributed by atoms with Crippen molar-refractivity contribution in [2.75, 3.05) is 11.5 Å². The summed E-state index contributed by atoms with van der Waals surface area (Å²) in [6, 6.07) is 18.9. The molecule has 2 heterocycles. The van der Waals surface area contributed by atoms with Gasteiger partial charge in [-0.1, -0.05) is 36.4 Å². The van der Waals surface area contributed by atoms with Gasteiger partial charge >= 0.3 is 11.9 Å². The summed E-state index contributed by atoms with van der Waals surface area (Å²) in [4.78, 5) is 42.8. The number of nitrogens with zero attached hydrogens (tertiary/aromatic N) is 4. The maximum absolute atomic E-state index is 11.8. The van der Waals surface area contributed by atoms with Crippen LogP contribution in [-0.2, 0) is 23.7 Å². The largest absolute Gasteiger partial charge is 0.478 e. The number of carboxylic acid groups (broad SMARTS) is 2. The highest BCUT2D eigenvalue weighted by atomic mass is 16.4. The molecule has 0 radical (unpaired) electrons. The van der Waals surface area contributed by atoms with Crippen molar-refractivity contribution in [2.45, 2.75) is 13.8 Å². The standard InChI is InChI=1S/2C11H13N3O.C4H4O4/c2*1-8-10(12)11(15)14(13(8)2)9-6-4-3-5-7-9;5-3(6)1-2-4(7)8/h2*3-7H,12H2,1-2H3;1-2H,(H,5,6)(H,7,8)/b;;2-1-. The van der Waals surface area contributed by atoms with E-state index in [4.69, 9.17) is 21.7 Å². The number of carboxylic acids is 2. The Hall–Kier alpha value is -5.26. The first-order valence-corrected chi connectivity index (χ1v) is 11.2. The van der Waals surface area contributed by atoms with Crippen LogP contribution in [0.25, 0.3) is 11.4 Å². The molecule has 12 heteroatoms. The van der Waals surface area contributed by atoms with E-state index in [0.29, 0.717) is 23.5 Å². The van der Waals surface area contributed by atoms with Gasteiger partial charge in [0.1, 0.15) is 11.4 Å². The van der Waals surface area contributed by atoms with Gasteiger partial charge in [-0.05, 0) is 38.1 Å². The fourth-order valence-corrected chi connectivity index (χ4v) is 3.32. The predicted molar refractivity (Wildman–Crippen MR) is 145 cm³/mol. The number of aromatic nitrogens is 4.